The number of carbonyl (C=O) groups excluding carboxylic acids is 1. The van der Waals surface area contributed by atoms with Crippen LogP contribution < -0.4 is 5.32 Å². The molecule has 2 aromatic rings. The van der Waals surface area contributed by atoms with Crippen LogP contribution >= 0.6 is 0 Å². The summed E-state index contributed by atoms with van der Waals surface area (Å²) in [5, 5.41) is 8.41. The number of nitrogens with one attached hydrogen (secondary N) is 1. The zero-order valence-electron chi connectivity index (χ0n) is 12.5. The predicted octanol–water partition coefficient (Wildman–Crippen LogP) is 2.29. The van der Waals surface area contributed by atoms with Crippen LogP contribution in [0.3, 0.4) is 0 Å². The van der Waals surface area contributed by atoms with E-state index >= 15 is 0 Å². The van der Waals surface area contributed by atoms with Crippen LogP contribution in [0, 0.1) is 12.8 Å². The highest BCUT2D eigenvalue weighted by Gasteiger charge is 2.29. The summed E-state index contributed by atoms with van der Waals surface area (Å²) in [7, 11) is 1.89. The highest BCUT2D eigenvalue weighted by Crippen LogP contribution is 2.40. The number of aryl methyl sites for hydroxylation is 2. The second-order valence-electron chi connectivity index (χ2n) is 6.43. The van der Waals surface area contributed by atoms with Gasteiger partial charge in [0.05, 0.1) is 16.6 Å². The van der Waals surface area contributed by atoms with Gasteiger partial charge in [-0.3, -0.25) is 9.48 Å². The van der Waals surface area contributed by atoms with Gasteiger partial charge in [0.25, 0.3) is 5.91 Å². The van der Waals surface area contributed by atoms with Crippen molar-refractivity contribution in [2.45, 2.75) is 38.5 Å². The minimum absolute atomic E-state index is 0.0206. The van der Waals surface area contributed by atoms with Gasteiger partial charge in [0.2, 0.25) is 0 Å². The molecule has 2 saturated carbocycles. The first-order valence-electron chi connectivity index (χ1n) is 7.76. The molecule has 5 heteroatoms. The van der Waals surface area contributed by atoms with Crippen molar-refractivity contribution in [2.24, 2.45) is 13.0 Å². The van der Waals surface area contributed by atoms with Gasteiger partial charge in [-0.05, 0) is 44.6 Å². The number of carbonyl (C=O) groups is 1. The Kier molecular flexibility index (Phi) is 2.77. The fourth-order valence-corrected chi connectivity index (χ4v) is 2.89. The fraction of sp³-hybridized carbons (Fsp3) is 0.562. The average molecular weight is 284 g/mol. The Hall–Kier alpha value is -1.91. The Labute approximate surface area is 123 Å². The molecule has 2 heterocycles. The number of aromatic nitrogens is 3. The Morgan fingerprint density at radius 1 is 1.38 bits per heavy atom. The summed E-state index contributed by atoms with van der Waals surface area (Å²) in [5.41, 5.74) is 3.49. The van der Waals surface area contributed by atoms with Crippen molar-refractivity contribution in [3.63, 3.8) is 0 Å². The molecule has 2 aliphatic carbocycles. The van der Waals surface area contributed by atoms with E-state index in [1.807, 2.05) is 20.0 Å². The zero-order chi connectivity index (χ0) is 14.6. The third-order valence-corrected chi connectivity index (χ3v) is 4.48. The van der Waals surface area contributed by atoms with Gasteiger partial charge in [-0.1, -0.05) is 0 Å². The quantitative estimate of drug-likeness (QED) is 0.937. The van der Waals surface area contributed by atoms with E-state index in [2.05, 4.69) is 10.4 Å². The van der Waals surface area contributed by atoms with Crippen LogP contribution in [0.25, 0.3) is 11.0 Å². The largest absolute Gasteiger partial charge is 0.352 e. The molecule has 1 amide bonds. The Bertz CT molecular complexity index is 725. The third-order valence-electron chi connectivity index (χ3n) is 4.48. The summed E-state index contributed by atoms with van der Waals surface area (Å²) in [6.07, 6.45) is 4.84. The van der Waals surface area contributed by atoms with Gasteiger partial charge in [0, 0.05) is 25.2 Å². The normalized spacial score (nSPS) is 18.2. The van der Waals surface area contributed by atoms with E-state index in [9.17, 15) is 4.79 Å². The molecule has 0 aliphatic heterocycles. The lowest BCUT2D eigenvalue weighted by Crippen LogP contribution is -2.26. The lowest BCUT2D eigenvalue weighted by molar-refractivity contribution is 0.0953. The van der Waals surface area contributed by atoms with E-state index in [4.69, 9.17) is 4.98 Å². The smallest absolute Gasteiger partial charge is 0.252 e. The maximum absolute atomic E-state index is 12.6. The molecule has 4 rings (SSSR count). The number of amides is 1. The summed E-state index contributed by atoms with van der Waals surface area (Å²) >= 11 is 0. The van der Waals surface area contributed by atoms with Crippen LogP contribution in [0.2, 0.25) is 0 Å². The van der Waals surface area contributed by atoms with E-state index in [0.717, 1.165) is 34.5 Å². The Morgan fingerprint density at radius 2 is 2.14 bits per heavy atom. The van der Waals surface area contributed by atoms with Crippen molar-refractivity contribution in [1.29, 1.82) is 0 Å². The summed E-state index contributed by atoms with van der Waals surface area (Å²) in [6, 6.07) is 1.98. The minimum Gasteiger partial charge on any atom is -0.352 e. The second-order valence-corrected chi connectivity index (χ2v) is 6.43. The van der Waals surface area contributed by atoms with Crippen LogP contribution in [0.1, 0.15) is 53.3 Å². The number of nitrogens with zero attached hydrogens (tertiary/aromatic N) is 3. The van der Waals surface area contributed by atoms with Gasteiger partial charge in [0.1, 0.15) is 0 Å². The number of fused-ring (bicyclic) bond motifs is 1. The Balaban J connectivity index is 1.78. The molecule has 1 N–H and O–H groups in total. The monoisotopic (exact) mass is 284 g/mol. The van der Waals surface area contributed by atoms with Crippen molar-refractivity contribution < 1.29 is 4.79 Å². The molecule has 0 atom stereocenters. The van der Waals surface area contributed by atoms with Crippen molar-refractivity contribution in [3.8, 4) is 0 Å². The third kappa shape index (κ3) is 2.30. The molecule has 0 unspecified atom stereocenters. The number of pyridine rings is 1. The van der Waals surface area contributed by atoms with Gasteiger partial charge < -0.3 is 5.32 Å². The number of hydrogen-bond donors (Lipinski definition) is 1. The highest BCUT2D eigenvalue weighted by atomic mass is 16.1. The van der Waals surface area contributed by atoms with Gasteiger partial charge in [0.15, 0.2) is 5.65 Å². The maximum atomic E-state index is 12.6. The summed E-state index contributed by atoms with van der Waals surface area (Å²) < 4.78 is 1.79. The van der Waals surface area contributed by atoms with Gasteiger partial charge in [-0.15, -0.1) is 0 Å². The minimum atomic E-state index is 0.0206. The molecule has 0 radical (unpaired) electrons. The molecule has 0 bridgehead atoms. The molecule has 0 aromatic carbocycles. The predicted molar refractivity (Wildman–Crippen MR) is 80.3 cm³/mol. The first-order chi connectivity index (χ1) is 10.1. The summed E-state index contributed by atoms with van der Waals surface area (Å²) in [4.78, 5) is 17.3. The Morgan fingerprint density at radius 3 is 2.81 bits per heavy atom. The van der Waals surface area contributed by atoms with Crippen molar-refractivity contribution >= 4 is 16.9 Å². The standard InChI is InChI=1S/C16H20N4O/c1-9-14-12(16(21)17-8-10-3-4-10)7-13(11-5-6-11)18-15(14)20(2)19-9/h7,10-11H,3-6,8H2,1-2H3,(H,17,21). The van der Waals surface area contributed by atoms with Crippen LogP contribution in [-0.4, -0.2) is 27.2 Å². The maximum Gasteiger partial charge on any atom is 0.252 e. The summed E-state index contributed by atoms with van der Waals surface area (Å²) in [5.74, 6) is 1.23. The molecule has 0 saturated heterocycles. The van der Waals surface area contributed by atoms with Gasteiger partial charge >= 0.3 is 0 Å². The first-order valence-corrected chi connectivity index (χ1v) is 7.76. The molecule has 2 aromatic heterocycles. The molecule has 2 fully saturated rings. The molecular formula is C16H20N4O. The first kappa shape index (κ1) is 12.8. The van der Waals surface area contributed by atoms with E-state index in [1.54, 1.807) is 4.68 Å². The van der Waals surface area contributed by atoms with E-state index in [0.29, 0.717) is 11.8 Å². The topological polar surface area (TPSA) is 59.8 Å². The second kappa shape index (κ2) is 4.55. The number of hydrogen-bond acceptors (Lipinski definition) is 3. The lowest BCUT2D eigenvalue weighted by Gasteiger charge is -2.08. The SMILES string of the molecule is Cc1nn(C)c2nc(C3CC3)cc(C(=O)NCC3CC3)c12. The highest BCUT2D eigenvalue weighted by molar-refractivity contribution is 6.06. The number of rotatable bonds is 4. The molecule has 2 aliphatic rings. The zero-order valence-corrected chi connectivity index (χ0v) is 12.5. The van der Waals surface area contributed by atoms with Crippen LogP contribution in [0.15, 0.2) is 6.07 Å². The van der Waals surface area contributed by atoms with E-state index < -0.39 is 0 Å². The van der Waals surface area contributed by atoms with Crippen molar-refractivity contribution in [3.05, 3.63) is 23.0 Å². The van der Waals surface area contributed by atoms with Gasteiger partial charge in [-0.25, -0.2) is 4.98 Å². The van der Waals surface area contributed by atoms with Crippen LogP contribution in [0.4, 0.5) is 0 Å². The molecule has 5 nitrogen and oxygen atoms in total. The molecular weight excluding hydrogens is 264 g/mol. The van der Waals surface area contributed by atoms with Crippen LogP contribution in [0.5, 0.6) is 0 Å². The molecule has 0 spiro atoms. The average Bonchev–Trinajstić information content (AvgIpc) is 3.37. The van der Waals surface area contributed by atoms with E-state index in [-0.39, 0.29) is 5.91 Å². The van der Waals surface area contributed by atoms with Gasteiger partial charge in [-0.2, -0.15) is 5.10 Å². The fourth-order valence-electron chi connectivity index (χ4n) is 2.89. The van der Waals surface area contributed by atoms with Crippen molar-refractivity contribution in [2.75, 3.05) is 6.54 Å². The van der Waals surface area contributed by atoms with Crippen LogP contribution in [-0.2, 0) is 7.05 Å². The van der Waals surface area contributed by atoms with Crippen molar-refractivity contribution in [1.82, 2.24) is 20.1 Å². The lowest BCUT2D eigenvalue weighted by atomic mass is 10.1. The summed E-state index contributed by atoms with van der Waals surface area (Å²) in [6.45, 7) is 2.74. The van der Waals surface area contributed by atoms with E-state index in [1.165, 1.54) is 25.7 Å². The molecule has 110 valence electrons. The molecule has 21 heavy (non-hydrogen) atoms.